The number of para-hydroxylation sites is 2. The van der Waals surface area contributed by atoms with Crippen LogP contribution in [0.15, 0.2) is 59.6 Å². The molecule has 2 heterocycles. The first-order valence-electron chi connectivity index (χ1n) is 10.5. The van der Waals surface area contributed by atoms with E-state index >= 15 is 0 Å². The second kappa shape index (κ2) is 11.3. The van der Waals surface area contributed by atoms with E-state index in [1.807, 2.05) is 25.2 Å². The first-order valence-corrected chi connectivity index (χ1v) is 10.5. The summed E-state index contributed by atoms with van der Waals surface area (Å²) < 4.78 is 0. The van der Waals surface area contributed by atoms with Crippen molar-refractivity contribution in [2.45, 2.75) is 31.8 Å². The van der Waals surface area contributed by atoms with E-state index in [0.29, 0.717) is 6.04 Å². The fourth-order valence-corrected chi connectivity index (χ4v) is 4.01. The SMILES string of the molecule is CN=C(NCCc1nc2ccccc2[nH]1)NCC1CCCN1Cc1ccccc1.I. The summed E-state index contributed by atoms with van der Waals surface area (Å²) in [6, 6.07) is 19.4. The van der Waals surface area contributed by atoms with Gasteiger partial charge in [0.15, 0.2) is 5.96 Å². The van der Waals surface area contributed by atoms with Crippen LogP contribution in [0.3, 0.4) is 0 Å². The number of rotatable bonds is 7. The summed E-state index contributed by atoms with van der Waals surface area (Å²) >= 11 is 0. The molecule has 6 nitrogen and oxygen atoms in total. The minimum Gasteiger partial charge on any atom is -0.356 e. The number of imidazole rings is 1. The zero-order valence-electron chi connectivity index (χ0n) is 17.5. The Hall–Kier alpha value is -2.13. The van der Waals surface area contributed by atoms with E-state index in [1.165, 1.54) is 24.9 Å². The Morgan fingerprint density at radius 1 is 1.13 bits per heavy atom. The van der Waals surface area contributed by atoms with Gasteiger partial charge in [0.1, 0.15) is 5.82 Å². The number of halogens is 1. The third-order valence-electron chi connectivity index (χ3n) is 5.55. The summed E-state index contributed by atoms with van der Waals surface area (Å²) in [4.78, 5) is 15.0. The second-order valence-corrected chi connectivity index (χ2v) is 7.58. The van der Waals surface area contributed by atoms with E-state index in [2.05, 4.69) is 66.9 Å². The molecule has 2 aromatic carbocycles. The lowest BCUT2D eigenvalue weighted by Crippen LogP contribution is -2.45. The highest BCUT2D eigenvalue weighted by Gasteiger charge is 2.24. The van der Waals surface area contributed by atoms with Gasteiger partial charge in [-0.15, -0.1) is 24.0 Å². The number of nitrogens with one attached hydrogen (secondary N) is 3. The Bertz CT molecular complexity index is 906. The Balaban J connectivity index is 0.00000256. The topological polar surface area (TPSA) is 68.3 Å². The van der Waals surface area contributed by atoms with Crippen molar-refractivity contribution in [3.8, 4) is 0 Å². The highest BCUT2D eigenvalue weighted by Crippen LogP contribution is 2.19. The minimum absolute atomic E-state index is 0. The predicted molar refractivity (Wildman–Crippen MR) is 134 cm³/mol. The summed E-state index contributed by atoms with van der Waals surface area (Å²) in [5.74, 6) is 1.85. The Morgan fingerprint density at radius 3 is 2.73 bits per heavy atom. The average molecular weight is 518 g/mol. The van der Waals surface area contributed by atoms with Crippen LogP contribution < -0.4 is 10.6 Å². The van der Waals surface area contributed by atoms with Crippen molar-refractivity contribution in [2.24, 2.45) is 4.99 Å². The number of nitrogens with zero attached hydrogens (tertiary/aromatic N) is 3. The van der Waals surface area contributed by atoms with Gasteiger partial charge in [0.2, 0.25) is 0 Å². The maximum Gasteiger partial charge on any atom is 0.191 e. The van der Waals surface area contributed by atoms with Crippen LogP contribution in [-0.4, -0.2) is 53.6 Å². The van der Waals surface area contributed by atoms with Crippen LogP contribution in [0, 0.1) is 0 Å². The number of aromatic amines is 1. The fourth-order valence-electron chi connectivity index (χ4n) is 4.01. The quantitative estimate of drug-likeness (QED) is 0.254. The van der Waals surface area contributed by atoms with Crippen LogP contribution in [0.1, 0.15) is 24.2 Å². The van der Waals surface area contributed by atoms with Crippen molar-refractivity contribution in [1.29, 1.82) is 0 Å². The van der Waals surface area contributed by atoms with E-state index in [-0.39, 0.29) is 24.0 Å². The van der Waals surface area contributed by atoms with Gasteiger partial charge in [0.25, 0.3) is 0 Å². The maximum absolute atomic E-state index is 4.63. The van der Waals surface area contributed by atoms with Gasteiger partial charge in [0.05, 0.1) is 11.0 Å². The monoisotopic (exact) mass is 518 g/mol. The molecule has 0 aliphatic carbocycles. The smallest absolute Gasteiger partial charge is 0.191 e. The molecule has 1 saturated heterocycles. The van der Waals surface area contributed by atoms with Crippen LogP contribution in [0.2, 0.25) is 0 Å². The normalized spacial score (nSPS) is 17.1. The molecule has 4 rings (SSSR count). The highest BCUT2D eigenvalue weighted by molar-refractivity contribution is 14.0. The van der Waals surface area contributed by atoms with Crippen molar-refractivity contribution in [3.05, 3.63) is 66.0 Å². The fraction of sp³-hybridized carbons (Fsp3) is 0.391. The number of fused-ring (bicyclic) bond motifs is 1. The molecule has 1 aliphatic rings. The minimum atomic E-state index is 0. The van der Waals surface area contributed by atoms with E-state index in [0.717, 1.165) is 48.9 Å². The number of aromatic nitrogens is 2. The number of hydrogen-bond acceptors (Lipinski definition) is 3. The molecule has 160 valence electrons. The highest BCUT2D eigenvalue weighted by atomic mass is 127. The van der Waals surface area contributed by atoms with Crippen LogP contribution in [-0.2, 0) is 13.0 Å². The maximum atomic E-state index is 4.63. The Labute approximate surface area is 195 Å². The van der Waals surface area contributed by atoms with Gasteiger partial charge in [-0.2, -0.15) is 0 Å². The van der Waals surface area contributed by atoms with Crippen molar-refractivity contribution in [3.63, 3.8) is 0 Å². The third-order valence-corrected chi connectivity index (χ3v) is 5.55. The van der Waals surface area contributed by atoms with Gasteiger partial charge >= 0.3 is 0 Å². The summed E-state index contributed by atoms with van der Waals surface area (Å²) in [6.07, 6.45) is 3.33. The van der Waals surface area contributed by atoms with Crippen LogP contribution in [0.4, 0.5) is 0 Å². The molecule has 0 amide bonds. The summed E-state index contributed by atoms with van der Waals surface area (Å²) in [6.45, 7) is 3.89. The molecule has 0 bridgehead atoms. The number of hydrogen-bond donors (Lipinski definition) is 3. The van der Waals surface area contributed by atoms with Crippen molar-refractivity contribution in [2.75, 3.05) is 26.7 Å². The lowest BCUT2D eigenvalue weighted by Gasteiger charge is -2.25. The predicted octanol–water partition coefficient (Wildman–Crippen LogP) is 3.55. The van der Waals surface area contributed by atoms with Crippen molar-refractivity contribution < 1.29 is 0 Å². The molecule has 3 N–H and O–H groups in total. The van der Waals surface area contributed by atoms with E-state index < -0.39 is 0 Å². The zero-order chi connectivity index (χ0) is 19.9. The van der Waals surface area contributed by atoms with Crippen LogP contribution >= 0.6 is 24.0 Å². The Morgan fingerprint density at radius 2 is 1.93 bits per heavy atom. The molecule has 0 saturated carbocycles. The number of aliphatic imine (C=N–C) groups is 1. The number of H-pyrrole nitrogens is 1. The second-order valence-electron chi connectivity index (χ2n) is 7.58. The zero-order valence-corrected chi connectivity index (χ0v) is 19.8. The number of benzene rings is 2. The molecule has 7 heteroatoms. The first kappa shape index (κ1) is 22.6. The number of guanidine groups is 1. The average Bonchev–Trinajstić information content (AvgIpc) is 3.37. The van der Waals surface area contributed by atoms with Gasteiger partial charge in [-0.05, 0) is 37.1 Å². The first-order chi connectivity index (χ1) is 14.3. The largest absolute Gasteiger partial charge is 0.356 e. The molecular weight excluding hydrogens is 487 g/mol. The molecule has 1 unspecified atom stereocenters. The molecule has 3 aromatic rings. The lowest BCUT2D eigenvalue weighted by atomic mass is 10.2. The van der Waals surface area contributed by atoms with Crippen molar-refractivity contribution >= 4 is 41.0 Å². The van der Waals surface area contributed by atoms with Gasteiger partial charge in [-0.25, -0.2) is 4.98 Å². The summed E-state index contributed by atoms with van der Waals surface area (Å²) in [7, 11) is 1.83. The molecule has 0 spiro atoms. The van der Waals surface area contributed by atoms with Crippen LogP contribution in [0.25, 0.3) is 11.0 Å². The molecule has 1 atom stereocenters. The summed E-state index contributed by atoms with van der Waals surface area (Å²) in [5.41, 5.74) is 3.49. The molecular formula is C23H31IN6. The van der Waals surface area contributed by atoms with Gasteiger partial charge in [0, 0.05) is 39.1 Å². The standard InChI is InChI=1S/C23H30N6.HI/c1-24-23(25-14-13-22-27-20-11-5-6-12-21(20)28-22)26-16-19-10-7-15-29(19)17-18-8-3-2-4-9-18;/h2-6,8-9,11-12,19H,7,10,13-17H2,1H3,(H,27,28)(H2,24,25,26);1H. The molecule has 0 radical (unpaired) electrons. The molecule has 1 fully saturated rings. The van der Waals surface area contributed by atoms with Gasteiger partial charge in [-0.1, -0.05) is 42.5 Å². The molecule has 1 aromatic heterocycles. The molecule has 30 heavy (non-hydrogen) atoms. The van der Waals surface area contributed by atoms with Crippen molar-refractivity contribution in [1.82, 2.24) is 25.5 Å². The summed E-state index contributed by atoms with van der Waals surface area (Å²) in [5, 5.41) is 6.92. The van der Waals surface area contributed by atoms with Crippen LogP contribution in [0.5, 0.6) is 0 Å². The third kappa shape index (κ3) is 5.95. The molecule has 1 aliphatic heterocycles. The van der Waals surface area contributed by atoms with Gasteiger partial charge in [-0.3, -0.25) is 9.89 Å². The Kier molecular flexibility index (Phi) is 8.50. The van der Waals surface area contributed by atoms with E-state index in [4.69, 9.17) is 0 Å². The van der Waals surface area contributed by atoms with E-state index in [9.17, 15) is 0 Å². The van der Waals surface area contributed by atoms with E-state index in [1.54, 1.807) is 0 Å². The van der Waals surface area contributed by atoms with Gasteiger partial charge < -0.3 is 15.6 Å². The lowest BCUT2D eigenvalue weighted by molar-refractivity contribution is 0.245. The number of likely N-dealkylation sites (tertiary alicyclic amines) is 1.